The highest BCUT2D eigenvalue weighted by atomic mass is 16.5. The molecule has 6 heteroatoms. The van der Waals surface area contributed by atoms with E-state index in [-0.39, 0.29) is 29.0 Å². The van der Waals surface area contributed by atoms with E-state index in [0.29, 0.717) is 16.9 Å². The van der Waals surface area contributed by atoms with Crippen molar-refractivity contribution in [3.05, 3.63) is 69.5 Å². The van der Waals surface area contributed by atoms with Crippen molar-refractivity contribution in [1.82, 2.24) is 9.88 Å². The van der Waals surface area contributed by atoms with Gasteiger partial charge in [0.25, 0.3) is 5.91 Å². The van der Waals surface area contributed by atoms with Crippen LogP contribution in [0.15, 0.2) is 47.4 Å². The normalized spacial score (nSPS) is 15.9. The van der Waals surface area contributed by atoms with Gasteiger partial charge in [-0.3, -0.25) is 9.59 Å². The van der Waals surface area contributed by atoms with E-state index in [4.69, 9.17) is 9.47 Å². The summed E-state index contributed by atoms with van der Waals surface area (Å²) < 4.78 is 12.6. The quantitative estimate of drug-likeness (QED) is 0.720. The van der Waals surface area contributed by atoms with E-state index in [1.807, 2.05) is 35.8 Å². The highest BCUT2D eigenvalue weighted by Gasteiger charge is 2.25. The number of hydrogen-bond donors (Lipinski definition) is 1. The lowest BCUT2D eigenvalue weighted by Crippen LogP contribution is -2.31. The molecule has 0 radical (unpaired) electrons. The number of nitrogens with zero attached hydrogens (tertiary/aromatic N) is 1. The Morgan fingerprint density at radius 2 is 1.93 bits per heavy atom. The van der Waals surface area contributed by atoms with Crippen LogP contribution >= 0.6 is 0 Å². The van der Waals surface area contributed by atoms with Gasteiger partial charge < -0.3 is 19.4 Å². The highest BCUT2D eigenvalue weighted by Crippen LogP contribution is 2.32. The summed E-state index contributed by atoms with van der Waals surface area (Å²) in [4.78, 5) is 26.0. The predicted octanol–water partition coefficient (Wildman–Crippen LogP) is 3.63. The van der Waals surface area contributed by atoms with E-state index >= 15 is 0 Å². The Morgan fingerprint density at radius 3 is 2.66 bits per heavy atom. The zero-order chi connectivity index (χ0) is 20.7. The van der Waals surface area contributed by atoms with Gasteiger partial charge >= 0.3 is 0 Å². The van der Waals surface area contributed by atoms with Crippen molar-refractivity contribution in [2.45, 2.75) is 32.4 Å². The maximum absolute atomic E-state index is 13.0. The van der Waals surface area contributed by atoms with Gasteiger partial charge in [0.05, 0.1) is 25.8 Å². The number of carbonyl (C=O) groups is 1. The third kappa shape index (κ3) is 3.14. The largest absolute Gasteiger partial charge is 0.493 e. The van der Waals surface area contributed by atoms with Gasteiger partial charge in [0.2, 0.25) is 5.43 Å². The number of nitrogens with one attached hydrogen (secondary N) is 1. The fraction of sp³-hybridized carbons (Fsp3) is 0.304. The first-order chi connectivity index (χ1) is 13.9. The van der Waals surface area contributed by atoms with Crippen LogP contribution in [0.1, 0.15) is 47.4 Å². The minimum Gasteiger partial charge on any atom is -0.493 e. The van der Waals surface area contributed by atoms with Crippen LogP contribution in [0.2, 0.25) is 0 Å². The number of ether oxygens (including phenoxy) is 2. The maximum atomic E-state index is 13.0. The van der Waals surface area contributed by atoms with Gasteiger partial charge in [-0.05, 0) is 49.6 Å². The average Bonchev–Trinajstić information content (AvgIpc) is 3.05. The molecule has 2 atom stereocenters. The topological polar surface area (TPSA) is 69.6 Å². The highest BCUT2D eigenvalue weighted by molar-refractivity contribution is 5.98. The van der Waals surface area contributed by atoms with Gasteiger partial charge in [-0.1, -0.05) is 18.2 Å². The molecule has 0 aliphatic carbocycles. The molecular weight excluding hydrogens is 368 g/mol. The Labute approximate surface area is 169 Å². The number of rotatable bonds is 5. The summed E-state index contributed by atoms with van der Waals surface area (Å²) in [6.45, 7) is 3.97. The minimum absolute atomic E-state index is 0.163. The number of pyridine rings is 1. The summed E-state index contributed by atoms with van der Waals surface area (Å²) in [6, 6.07) is 11.1. The summed E-state index contributed by atoms with van der Waals surface area (Å²) in [7, 11) is 3.14. The Bertz CT molecular complexity index is 1170. The molecule has 3 aromatic rings. The van der Waals surface area contributed by atoms with Gasteiger partial charge in [-0.2, -0.15) is 0 Å². The number of benzene rings is 2. The molecule has 0 saturated carbocycles. The number of hydrogen-bond acceptors (Lipinski definition) is 4. The number of amides is 1. The molecule has 2 heterocycles. The third-order valence-electron chi connectivity index (χ3n) is 5.63. The molecule has 0 fully saturated rings. The Kier molecular flexibility index (Phi) is 4.78. The minimum atomic E-state index is -0.382. The van der Waals surface area contributed by atoms with E-state index in [1.165, 1.54) is 0 Å². The summed E-state index contributed by atoms with van der Waals surface area (Å²) in [5.74, 6) is 0.828. The molecule has 2 aromatic carbocycles. The third-order valence-corrected chi connectivity index (χ3v) is 5.63. The molecule has 6 nitrogen and oxygen atoms in total. The lowest BCUT2D eigenvalue weighted by atomic mass is 10.1. The Morgan fingerprint density at radius 1 is 1.17 bits per heavy atom. The zero-order valence-electron chi connectivity index (χ0n) is 17.0. The maximum Gasteiger partial charge on any atom is 0.257 e. The molecular formula is C23H24N2O4. The summed E-state index contributed by atoms with van der Waals surface area (Å²) in [5.41, 5.74) is 2.88. The molecule has 1 aromatic heterocycles. The van der Waals surface area contributed by atoms with Crippen LogP contribution < -0.4 is 20.2 Å². The van der Waals surface area contributed by atoms with E-state index in [1.54, 1.807) is 32.5 Å². The second-order valence-electron chi connectivity index (χ2n) is 7.46. The number of carbonyl (C=O) groups excluding carboxylic acids is 1. The standard InChI is InChI=1S/C23H24N2O4/c1-13-10-16-6-5-7-17-21(16)25(13)12-18(22(17)26)23(27)24-14(2)15-8-9-19(28-3)20(11-15)29-4/h5-9,11-14H,10H2,1-4H3,(H,24,27)/t13-,14-/m1/s1. The predicted molar refractivity (Wildman–Crippen MR) is 112 cm³/mol. The number of aromatic nitrogens is 1. The van der Waals surface area contributed by atoms with E-state index in [0.717, 1.165) is 23.1 Å². The monoisotopic (exact) mass is 392 g/mol. The molecule has 0 bridgehead atoms. The molecule has 29 heavy (non-hydrogen) atoms. The van der Waals surface area contributed by atoms with Crippen LogP contribution in [0.5, 0.6) is 11.5 Å². The first kappa shape index (κ1) is 19.1. The molecule has 0 saturated heterocycles. The van der Waals surface area contributed by atoms with E-state index < -0.39 is 0 Å². The molecule has 150 valence electrons. The SMILES string of the molecule is COc1ccc([C@@H](C)NC(=O)c2cn3c4c(cccc4c2=O)C[C@H]3C)cc1OC. The van der Waals surface area contributed by atoms with Crippen molar-refractivity contribution in [3.8, 4) is 11.5 Å². The van der Waals surface area contributed by atoms with Crippen molar-refractivity contribution in [1.29, 1.82) is 0 Å². The van der Waals surface area contributed by atoms with Gasteiger partial charge in [0.15, 0.2) is 11.5 Å². The molecule has 1 amide bonds. The zero-order valence-corrected chi connectivity index (χ0v) is 17.0. The van der Waals surface area contributed by atoms with Crippen LogP contribution in [0, 0.1) is 0 Å². The second-order valence-corrected chi connectivity index (χ2v) is 7.46. The first-order valence-electron chi connectivity index (χ1n) is 9.64. The molecule has 1 aliphatic heterocycles. The van der Waals surface area contributed by atoms with Crippen molar-refractivity contribution in [2.75, 3.05) is 14.2 Å². The molecule has 1 N–H and O–H groups in total. The van der Waals surface area contributed by atoms with Gasteiger partial charge in [-0.25, -0.2) is 0 Å². The molecule has 0 spiro atoms. The van der Waals surface area contributed by atoms with Crippen LogP contribution in [0.4, 0.5) is 0 Å². The first-order valence-corrected chi connectivity index (χ1v) is 9.64. The number of methoxy groups -OCH3 is 2. The van der Waals surface area contributed by atoms with Gasteiger partial charge in [0, 0.05) is 17.6 Å². The summed E-state index contributed by atoms with van der Waals surface area (Å²) >= 11 is 0. The molecule has 1 aliphatic rings. The smallest absolute Gasteiger partial charge is 0.257 e. The van der Waals surface area contributed by atoms with Crippen molar-refractivity contribution in [2.24, 2.45) is 0 Å². The van der Waals surface area contributed by atoms with E-state index in [9.17, 15) is 9.59 Å². The van der Waals surface area contributed by atoms with Gasteiger partial charge in [-0.15, -0.1) is 0 Å². The van der Waals surface area contributed by atoms with Crippen molar-refractivity contribution in [3.63, 3.8) is 0 Å². The fourth-order valence-electron chi connectivity index (χ4n) is 4.06. The van der Waals surface area contributed by atoms with Crippen LogP contribution in [-0.2, 0) is 6.42 Å². The lowest BCUT2D eigenvalue weighted by molar-refractivity contribution is 0.0938. The average molecular weight is 392 g/mol. The number of para-hydroxylation sites is 1. The van der Waals surface area contributed by atoms with Crippen molar-refractivity contribution >= 4 is 16.8 Å². The lowest BCUT2D eigenvalue weighted by Gasteiger charge is -2.17. The summed E-state index contributed by atoms with van der Waals surface area (Å²) in [5, 5.41) is 3.54. The summed E-state index contributed by atoms with van der Waals surface area (Å²) in [6.07, 6.45) is 2.56. The van der Waals surface area contributed by atoms with Gasteiger partial charge in [0.1, 0.15) is 5.56 Å². The molecule has 4 rings (SSSR count). The second kappa shape index (κ2) is 7.28. The van der Waals surface area contributed by atoms with E-state index in [2.05, 4.69) is 12.2 Å². The van der Waals surface area contributed by atoms with Crippen LogP contribution in [0.25, 0.3) is 10.9 Å². The Hall–Kier alpha value is -3.28. The van der Waals surface area contributed by atoms with Crippen LogP contribution in [-0.4, -0.2) is 24.7 Å². The Balaban J connectivity index is 1.67. The van der Waals surface area contributed by atoms with Crippen molar-refractivity contribution < 1.29 is 14.3 Å². The van der Waals surface area contributed by atoms with Crippen LogP contribution in [0.3, 0.4) is 0 Å². The fourth-order valence-corrected chi connectivity index (χ4v) is 4.06. The molecule has 0 unspecified atom stereocenters.